The largest absolute Gasteiger partial charge is 0.354 e. The summed E-state index contributed by atoms with van der Waals surface area (Å²) in [5, 5.41) is 4.87. The maximum Gasteiger partial charge on any atom is 0.245 e. The molecule has 0 bridgehead atoms. The van der Waals surface area contributed by atoms with Crippen molar-refractivity contribution in [3.05, 3.63) is 0 Å². The first kappa shape index (κ1) is 10.3. The van der Waals surface area contributed by atoms with E-state index in [9.17, 15) is 4.79 Å². The molecule has 0 spiro atoms. The third-order valence-electron chi connectivity index (χ3n) is 1.18. The number of nitrogens with one attached hydrogen (secondary N) is 1. The third-order valence-corrected chi connectivity index (χ3v) is 1.28. The fraction of sp³-hybridized carbons (Fsp3) is 0.714. The number of isothiocyanates is 1. The van der Waals surface area contributed by atoms with E-state index in [4.69, 9.17) is 0 Å². The molecule has 1 atom stereocenters. The van der Waals surface area contributed by atoms with Gasteiger partial charge < -0.3 is 5.32 Å². The Labute approximate surface area is 71.9 Å². The van der Waals surface area contributed by atoms with E-state index in [2.05, 4.69) is 27.7 Å². The van der Waals surface area contributed by atoms with Gasteiger partial charge in [-0.25, -0.2) is 4.99 Å². The highest BCUT2D eigenvalue weighted by Gasteiger charge is 2.08. The molecule has 0 aromatic rings. The monoisotopic (exact) mass is 172 g/mol. The molecule has 62 valence electrons. The lowest BCUT2D eigenvalue weighted by molar-refractivity contribution is -0.121. The summed E-state index contributed by atoms with van der Waals surface area (Å²) in [5.74, 6) is -0.0933. The molecule has 0 radical (unpaired) electrons. The second-order valence-electron chi connectivity index (χ2n) is 2.19. The maximum atomic E-state index is 11.0. The zero-order valence-electron chi connectivity index (χ0n) is 6.76. The lowest BCUT2D eigenvalue weighted by atomic mass is 10.3. The Hall–Kier alpha value is -0.730. The minimum atomic E-state index is -0.404. The van der Waals surface area contributed by atoms with Crippen molar-refractivity contribution >= 4 is 23.3 Å². The molecule has 0 saturated heterocycles. The van der Waals surface area contributed by atoms with Crippen molar-refractivity contribution in [3.63, 3.8) is 0 Å². The molecule has 0 aliphatic carbocycles. The van der Waals surface area contributed by atoms with E-state index in [1.54, 1.807) is 6.92 Å². The first-order valence-corrected chi connectivity index (χ1v) is 3.97. The van der Waals surface area contributed by atoms with Gasteiger partial charge in [0.25, 0.3) is 0 Å². The molecule has 0 heterocycles. The Morgan fingerprint density at radius 1 is 1.82 bits per heavy atom. The highest BCUT2D eigenvalue weighted by molar-refractivity contribution is 7.78. The molecule has 0 saturated carbocycles. The van der Waals surface area contributed by atoms with E-state index in [0.29, 0.717) is 6.54 Å². The number of nitrogens with zero attached hydrogens (tertiary/aromatic N) is 1. The van der Waals surface area contributed by atoms with E-state index in [0.717, 1.165) is 6.42 Å². The summed E-state index contributed by atoms with van der Waals surface area (Å²) in [5.41, 5.74) is 0. The van der Waals surface area contributed by atoms with Crippen molar-refractivity contribution in [1.29, 1.82) is 0 Å². The summed E-state index contributed by atoms with van der Waals surface area (Å²) in [6.07, 6.45) is 0.930. The summed E-state index contributed by atoms with van der Waals surface area (Å²) in [6.45, 7) is 4.37. The zero-order valence-corrected chi connectivity index (χ0v) is 7.57. The van der Waals surface area contributed by atoms with Gasteiger partial charge in [0.1, 0.15) is 6.04 Å². The molecule has 0 rings (SSSR count). The van der Waals surface area contributed by atoms with Crippen LogP contribution in [0, 0.1) is 0 Å². The van der Waals surface area contributed by atoms with Gasteiger partial charge in [-0.05, 0) is 25.6 Å². The van der Waals surface area contributed by atoms with Crippen LogP contribution in [0.4, 0.5) is 0 Å². The number of hydrogen-bond donors (Lipinski definition) is 1. The molecule has 0 fully saturated rings. The SMILES string of the molecule is CCCNC(=O)C(C)N=C=S. The molecule has 0 aromatic carbocycles. The molecule has 0 aromatic heterocycles. The summed E-state index contributed by atoms with van der Waals surface area (Å²) in [6, 6.07) is -0.404. The van der Waals surface area contributed by atoms with Gasteiger partial charge in [-0.15, -0.1) is 0 Å². The molecular formula is C7H12N2OS. The van der Waals surface area contributed by atoms with Gasteiger partial charge in [0.2, 0.25) is 5.91 Å². The van der Waals surface area contributed by atoms with Crippen LogP contribution in [0.3, 0.4) is 0 Å². The van der Waals surface area contributed by atoms with E-state index in [1.807, 2.05) is 6.92 Å². The molecule has 1 amide bonds. The fourth-order valence-electron chi connectivity index (χ4n) is 0.534. The van der Waals surface area contributed by atoms with E-state index >= 15 is 0 Å². The molecule has 0 aliphatic heterocycles. The van der Waals surface area contributed by atoms with E-state index in [1.165, 1.54) is 0 Å². The van der Waals surface area contributed by atoms with E-state index < -0.39 is 6.04 Å². The van der Waals surface area contributed by atoms with Crippen LogP contribution in [0.15, 0.2) is 4.99 Å². The van der Waals surface area contributed by atoms with Crippen LogP contribution in [0.1, 0.15) is 20.3 Å². The first-order valence-electron chi connectivity index (χ1n) is 3.57. The predicted molar refractivity (Wildman–Crippen MR) is 47.8 cm³/mol. The Bertz CT molecular complexity index is 175. The van der Waals surface area contributed by atoms with Gasteiger partial charge in [0.05, 0.1) is 5.16 Å². The molecule has 1 N–H and O–H groups in total. The van der Waals surface area contributed by atoms with Gasteiger partial charge in [-0.1, -0.05) is 6.92 Å². The Balaban J connectivity index is 3.73. The fourth-order valence-corrected chi connectivity index (χ4v) is 0.692. The second-order valence-corrected chi connectivity index (χ2v) is 2.37. The Kier molecular flexibility index (Phi) is 5.61. The summed E-state index contributed by atoms with van der Waals surface area (Å²) in [4.78, 5) is 14.6. The number of rotatable bonds is 4. The topological polar surface area (TPSA) is 41.5 Å². The van der Waals surface area contributed by atoms with E-state index in [-0.39, 0.29) is 5.91 Å². The minimum Gasteiger partial charge on any atom is -0.354 e. The smallest absolute Gasteiger partial charge is 0.245 e. The number of hydrogen-bond acceptors (Lipinski definition) is 3. The van der Waals surface area contributed by atoms with Crippen molar-refractivity contribution < 1.29 is 4.79 Å². The molecule has 4 heteroatoms. The molecule has 0 aliphatic rings. The minimum absolute atomic E-state index is 0.0933. The number of amides is 1. The number of carbonyl (C=O) groups is 1. The van der Waals surface area contributed by atoms with Crippen molar-refractivity contribution in [2.24, 2.45) is 4.99 Å². The standard InChI is InChI=1S/C7H12N2OS/c1-3-4-8-7(10)6(2)9-5-11/h6H,3-4H2,1-2H3,(H,8,10). The average Bonchev–Trinajstić information content (AvgIpc) is 2.00. The number of thiocarbonyl (C=S) groups is 1. The normalized spacial score (nSPS) is 11.5. The van der Waals surface area contributed by atoms with Crippen LogP contribution in [0.5, 0.6) is 0 Å². The molecule has 11 heavy (non-hydrogen) atoms. The van der Waals surface area contributed by atoms with Gasteiger partial charge in [-0.3, -0.25) is 4.79 Å². The van der Waals surface area contributed by atoms with Crippen molar-refractivity contribution in [2.45, 2.75) is 26.3 Å². The molecular weight excluding hydrogens is 160 g/mol. The third kappa shape index (κ3) is 4.65. The van der Waals surface area contributed by atoms with Crippen LogP contribution in [-0.4, -0.2) is 23.7 Å². The van der Waals surface area contributed by atoms with Crippen LogP contribution >= 0.6 is 12.2 Å². The lowest BCUT2D eigenvalue weighted by Crippen LogP contribution is -2.31. The highest BCUT2D eigenvalue weighted by atomic mass is 32.1. The van der Waals surface area contributed by atoms with Crippen LogP contribution < -0.4 is 5.32 Å². The van der Waals surface area contributed by atoms with Crippen molar-refractivity contribution in [2.75, 3.05) is 6.54 Å². The summed E-state index contributed by atoms with van der Waals surface area (Å²) < 4.78 is 0. The molecule has 3 nitrogen and oxygen atoms in total. The van der Waals surface area contributed by atoms with Gasteiger partial charge >= 0.3 is 0 Å². The Morgan fingerprint density at radius 3 is 2.91 bits per heavy atom. The second kappa shape index (κ2) is 6.01. The van der Waals surface area contributed by atoms with Crippen LogP contribution in [0.2, 0.25) is 0 Å². The predicted octanol–water partition coefficient (Wildman–Crippen LogP) is 1.00. The first-order chi connectivity index (χ1) is 5.22. The summed E-state index contributed by atoms with van der Waals surface area (Å²) >= 11 is 4.36. The number of aliphatic imine (C=N–C) groups is 1. The van der Waals surface area contributed by atoms with Crippen molar-refractivity contribution in [3.8, 4) is 0 Å². The quantitative estimate of drug-likeness (QED) is 0.508. The average molecular weight is 172 g/mol. The van der Waals surface area contributed by atoms with Crippen LogP contribution in [0.25, 0.3) is 0 Å². The maximum absolute atomic E-state index is 11.0. The van der Waals surface area contributed by atoms with Crippen LogP contribution in [-0.2, 0) is 4.79 Å². The van der Waals surface area contributed by atoms with Gasteiger partial charge in [-0.2, -0.15) is 0 Å². The molecule has 1 unspecified atom stereocenters. The summed E-state index contributed by atoms with van der Waals surface area (Å²) in [7, 11) is 0. The van der Waals surface area contributed by atoms with Gasteiger partial charge in [0, 0.05) is 6.54 Å². The lowest BCUT2D eigenvalue weighted by Gasteiger charge is -2.04. The highest BCUT2D eigenvalue weighted by Crippen LogP contribution is 1.87. The zero-order chi connectivity index (χ0) is 8.69. The number of carbonyl (C=O) groups excluding carboxylic acids is 1. The van der Waals surface area contributed by atoms with Crippen molar-refractivity contribution in [1.82, 2.24) is 5.32 Å². The Morgan fingerprint density at radius 2 is 2.45 bits per heavy atom. The van der Waals surface area contributed by atoms with Gasteiger partial charge in [0.15, 0.2) is 0 Å².